The van der Waals surface area contributed by atoms with E-state index in [1.54, 1.807) is 45.9 Å². The molecule has 0 fully saturated rings. The van der Waals surface area contributed by atoms with Crippen LogP contribution >= 0.6 is 0 Å². The summed E-state index contributed by atoms with van der Waals surface area (Å²) >= 11 is 0. The summed E-state index contributed by atoms with van der Waals surface area (Å²) in [5, 5.41) is 2.65. The van der Waals surface area contributed by atoms with Crippen molar-refractivity contribution in [3.05, 3.63) is 58.7 Å². The second-order valence-electron chi connectivity index (χ2n) is 7.49. The fourth-order valence-electron chi connectivity index (χ4n) is 3.25. The summed E-state index contributed by atoms with van der Waals surface area (Å²) in [5.74, 6) is -0.468. The predicted molar refractivity (Wildman–Crippen MR) is 125 cm³/mol. The first-order valence-corrected chi connectivity index (χ1v) is 13.3. The zero-order valence-corrected chi connectivity index (χ0v) is 20.7. The summed E-state index contributed by atoms with van der Waals surface area (Å²) < 4.78 is 54.4. The van der Waals surface area contributed by atoms with Gasteiger partial charge in [0.25, 0.3) is 5.91 Å². The van der Waals surface area contributed by atoms with E-state index in [0.717, 1.165) is 5.56 Å². The number of aryl methyl sites for hydroxylation is 3. The van der Waals surface area contributed by atoms with Crippen LogP contribution in [0.15, 0.2) is 46.2 Å². The minimum absolute atomic E-state index is 0.00204. The predicted octanol–water partition coefficient (Wildman–Crippen LogP) is 2.35. The van der Waals surface area contributed by atoms with Crippen LogP contribution < -0.4 is 10.0 Å². The van der Waals surface area contributed by atoms with Gasteiger partial charge in [0, 0.05) is 31.7 Å². The lowest BCUT2D eigenvalue weighted by Crippen LogP contribution is -2.35. The van der Waals surface area contributed by atoms with E-state index in [-0.39, 0.29) is 28.4 Å². The molecule has 0 saturated carbocycles. The number of carbonyl (C=O) groups excluding carboxylic acids is 1. The maximum absolute atomic E-state index is 12.8. The number of benzene rings is 2. The number of hydrogen-bond acceptors (Lipinski definition) is 5. The van der Waals surface area contributed by atoms with Crippen LogP contribution in [0.4, 0.5) is 0 Å². The third-order valence-electron chi connectivity index (χ3n) is 5.13. The molecular formula is C22H31N3O5S2. The first-order valence-electron chi connectivity index (χ1n) is 10.4. The van der Waals surface area contributed by atoms with Gasteiger partial charge < -0.3 is 5.32 Å². The van der Waals surface area contributed by atoms with Gasteiger partial charge in [-0.25, -0.2) is 21.6 Å². The van der Waals surface area contributed by atoms with Gasteiger partial charge in [0.05, 0.1) is 9.79 Å². The maximum Gasteiger partial charge on any atom is 0.251 e. The van der Waals surface area contributed by atoms with E-state index >= 15 is 0 Å². The standard InChI is InChI=1S/C22H31N3O5S2/c1-6-25(7-2)32(29,30)19-11-10-17(4)20(15-19)22(26)23-12-13-24-31(27,28)21-14-16(3)8-9-18(21)5/h8-11,14-15,24H,6-7,12-13H2,1-5H3,(H,23,26). The topological polar surface area (TPSA) is 113 Å². The lowest BCUT2D eigenvalue weighted by molar-refractivity contribution is 0.0953. The lowest BCUT2D eigenvalue weighted by Gasteiger charge is -2.19. The Morgan fingerprint density at radius 2 is 1.50 bits per heavy atom. The SMILES string of the molecule is CCN(CC)S(=O)(=O)c1ccc(C)c(C(=O)NCCNS(=O)(=O)c2cc(C)ccc2C)c1. The molecule has 0 aromatic heterocycles. The van der Waals surface area contributed by atoms with E-state index in [1.165, 1.54) is 16.4 Å². The molecule has 2 aromatic rings. The van der Waals surface area contributed by atoms with Gasteiger partial charge in [-0.2, -0.15) is 4.31 Å². The number of hydrogen-bond donors (Lipinski definition) is 2. The van der Waals surface area contributed by atoms with Crippen molar-refractivity contribution < 1.29 is 21.6 Å². The second-order valence-corrected chi connectivity index (χ2v) is 11.2. The molecule has 176 valence electrons. The molecule has 10 heteroatoms. The Labute approximate surface area is 191 Å². The first kappa shape index (κ1) is 26.0. The molecule has 0 aliphatic heterocycles. The van der Waals surface area contributed by atoms with Crippen LogP contribution in [-0.4, -0.2) is 53.2 Å². The highest BCUT2D eigenvalue weighted by molar-refractivity contribution is 7.89. The van der Waals surface area contributed by atoms with Crippen molar-refractivity contribution in [1.82, 2.24) is 14.3 Å². The molecule has 1 amide bonds. The van der Waals surface area contributed by atoms with Gasteiger partial charge in [0.1, 0.15) is 0 Å². The van der Waals surface area contributed by atoms with Crippen LogP contribution in [0.2, 0.25) is 0 Å². The van der Waals surface area contributed by atoms with Crippen LogP contribution in [0.5, 0.6) is 0 Å². The number of sulfonamides is 2. The minimum atomic E-state index is -3.71. The van der Waals surface area contributed by atoms with E-state index in [1.807, 2.05) is 13.0 Å². The molecule has 2 N–H and O–H groups in total. The summed E-state index contributed by atoms with van der Waals surface area (Å²) in [6.07, 6.45) is 0. The average Bonchev–Trinajstić information content (AvgIpc) is 2.73. The molecule has 0 spiro atoms. The Bertz CT molecular complexity index is 1190. The highest BCUT2D eigenvalue weighted by atomic mass is 32.2. The summed E-state index contributed by atoms with van der Waals surface area (Å²) in [5.41, 5.74) is 2.32. The van der Waals surface area contributed by atoms with Crippen LogP contribution in [0.3, 0.4) is 0 Å². The molecule has 0 atom stereocenters. The monoisotopic (exact) mass is 481 g/mol. The Hall–Kier alpha value is -2.27. The highest BCUT2D eigenvalue weighted by Crippen LogP contribution is 2.20. The van der Waals surface area contributed by atoms with Crippen molar-refractivity contribution in [3.63, 3.8) is 0 Å². The number of nitrogens with one attached hydrogen (secondary N) is 2. The third-order valence-corrected chi connectivity index (χ3v) is 8.78. The van der Waals surface area contributed by atoms with Gasteiger partial charge >= 0.3 is 0 Å². The number of amides is 1. The fraction of sp³-hybridized carbons (Fsp3) is 0.409. The molecule has 0 aliphatic rings. The van der Waals surface area contributed by atoms with Crippen molar-refractivity contribution in [2.75, 3.05) is 26.2 Å². The van der Waals surface area contributed by atoms with Gasteiger partial charge in [-0.3, -0.25) is 4.79 Å². The Balaban J connectivity index is 2.08. The first-order chi connectivity index (χ1) is 14.9. The lowest BCUT2D eigenvalue weighted by atomic mass is 10.1. The molecular weight excluding hydrogens is 450 g/mol. The smallest absolute Gasteiger partial charge is 0.251 e. The summed E-state index contributed by atoms with van der Waals surface area (Å²) in [4.78, 5) is 12.9. The maximum atomic E-state index is 12.8. The van der Waals surface area contributed by atoms with Crippen molar-refractivity contribution in [3.8, 4) is 0 Å². The molecule has 8 nitrogen and oxygen atoms in total. The quantitative estimate of drug-likeness (QED) is 0.506. The largest absolute Gasteiger partial charge is 0.351 e. The van der Waals surface area contributed by atoms with E-state index in [4.69, 9.17) is 0 Å². The van der Waals surface area contributed by atoms with E-state index in [0.29, 0.717) is 24.2 Å². The minimum Gasteiger partial charge on any atom is -0.351 e. The van der Waals surface area contributed by atoms with Crippen molar-refractivity contribution in [2.45, 2.75) is 44.4 Å². The molecule has 0 aliphatic carbocycles. The van der Waals surface area contributed by atoms with Crippen molar-refractivity contribution in [2.24, 2.45) is 0 Å². The van der Waals surface area contributed by atoms with Crippen LogP contribution in [0, 0.1) is 20.8 Å². The van der Waals surface area contributed by atoms with Gasteiger partial charge in [0.15, 0.2) is 0 Å². The third kappa shape index (κ3) is 5.94. The highest BCUT2D eigenvalue weighted by Gasteiger charge is 2.23. The molecule has 2 rings (SSSR count). The van der Waals surface area contributed by atoms with Gasteiger partial charge in [-0.15, -0.1) is 0 Å². The van der Waals surface area contributed by atoms with Crippen LogP contribution in [0.1, 0.15) is 40.9 Å². The van der Waals surface area contributed by atoms with Gasteiger partial charge in [0.2, 0.25) is 20.0 Å². The van der Waals surface area contributed by atoms with E-state index in [2.05, 4.69) is 10.0 Å². The normalized spacial score (nSPS) is 12.2. The zero-order valence-electron chi connectivity index (χ0n) is 19.1. The number of nitrogens with zero attached hydrogens (tertiary/aromatic N) is 1. The number of rotatable bonds is 10. The van der Waals surface area contributed by atoms with E-state index < -0.39 is 26.0 Å². The molecule has 0 heterocycles. The molecule has 0 bridgehead atoms. The van der Waals surface area contributed by atoms with Gasteiger partial charge in [-0.05, 0) is 55.7 Å². The molecule has 2 aromatic carbocycles. The van der Waals surface area contributed by atoms with Crippen molar-refractivity contribution >= 4 is 26.0 Å². The molecule has 32 heavy (non-hydrogen) atoms. The average molecular weight is 482 g/mol. The molecule has 0 radical (unpaired) electrons. The summed E-state index contributed by atoms with van der Waals surface area (Å²) in [6.45, 7) is 9.46. The van der Waals surface area contributed by atoms with Crippen LogP contribution in [0.25, 0.3) is 0 Å². The van der Waals surface area contributed by atoms with E-state index in [9.17, 15) is 21.6 Å². The van der Waals surface area contributed by atoms with Gasteiger partial charge in [-0.1, -0.05) is 32.0 Å². The number of carbonyl (C=O) groups is 1. The Morgan fingerprint density at radius 3 is 2.12 bits per heavy atom. The molecule has 0 unspecified atom stereocenters. The second kappa shape index (κ2) is 10.6. The summed E-state index contributed by atoms with van der Waals surface area (Å²) in [7, 11) is -7.41. The zero-order chi connectivity index (χ0) is 24.1. The molecule has 0 saturated heterocycles. The Morgan fingerprint density at radius 1 is 0.875 bits per heavy atom. The Kier molecular flexibility index (Phi) is 8.58. The summed E-state index contributed by atoms with van der Waals surface area (Å²) in [6, 6.07) is 9.62. The van der Waals surface area contributed by atoms with Crippen molar-refractivity contribution in [1.29, 1.82) is 0 Å². The fourth-order valence-corrected chi connectivity index (χ4v) is 6.09. The van der Waals surface area contributed by atoms with Crippen LogP contribution in [-0.2, 0) is 20.0 Å².